The molecular formula is C34H21NSe2. The summed E-state index contributed by atoms with van der Waals surface area (Å²) in [7, 11) is 0. The average Bonchev–Trinajstić information content (AvgIpc) is 3.53. The summed E-state index contributed by atoms with van der Waals surface area (Å²) in [6.45, 7) is 0. The molecule has 0 aliphatic heterocycles. The zero-order valence-electron chi connectivity index (χ0n) is 19.9. The van der Waals surface area contributed by atoms with Crippen LogP contribution in [0.2, 0.25) is 0 Å². The number of fused-ring (bicyclic) bond motifs is 8. The van der Waals surface area contributed by atoms with E-state index in [1.165, 1.54) is 66.4 Å². The van der Waals surface area contributed by atoms with E-state index < -0.39 is 0 Å². The van der Waals surface area contributed by atoms with E-state index in [2.05, 4.69) is 132 Å². The summed E-state index contributed by atoms with van der Waals surface area (Å²) >= 11 is 0.627. The summed E-state index contributed by atoms with van der Waals surface area (Å²) < 4.78 is 5.95. The molecule has 174 valence electrons. The fourth-order valence-corrected chi connectivity index (χ4v) is 10.7. The first-order valence-electron chi connectivity index (χ1n) is 12.4. The van der Waals surface area contributed by atoms with Gasteiger partial charge in [-0.2, -0.15) is 0 Å². The van der Waals surface area contributed by atoms with Gasteiger partial charge in [-0.3, -0.25) is 0 Å². The third-order valence-electron chi connectivity index (χ3n) is 7.24. The number of para-hydroxylation sites is 1. The van der Waals surface area contributed by atoms with Crippen LogP contribution in [0.4, 0.5) is 17.1 Å². The molecule has 0 saturated heterocycles. The Kier molecular flexibility index (Phi) is 4.93. The molecule has 0 amide bonds. The molecule has 0 unspecified atom stereocenters. The first-order valence-corrected chi connectivity index (χ1v) is 15.9. The number of hydrogen-bond acceptors (Lipinski definition) is 1. The van der Waals surface area contributed by atoms with E-state index in [-0.39, 0.29) is 14.5 Å². The van der Waals surface area contributed by atoms with Crippen LogP contribution in [0.15, 0.2) is 127 Å². The molecule has 0 radical (unpaired) electrons. The zero-order valence-corrected chi connectivity index (χ0v) is 23.3. The molecule has 0 aliphatic carbocycles. The van der Waals surface area contributed by atoms with E-state index in [9.17, 15) is 0 Å². The Labute approximate surface area is 226 Å². The second-order valence-electron chi connectivity index (χ2n) is 9.37. The standard InChI is InChI=1S/C34H21NSe2/c1-2-9-23(10-3-1)35(30-14-8-13-28-26-11-4-7-16-32(26)37-34(28)30)24-18-20-25-22(21-24)17-19-29-27-12-5-6-15-31(27)36-33(25)29/h1-21H. The fourth-order valence-electron chi connectivity index (χ4n) is 5.55. The number of nitrogens with zero attached hydrogens (tertiary/aromatic N) is 1. The van der Waals surface area contributed by atoms with Crippen molar-refractivity contribution in [3.8, 4) is 0 Å². The summed E-state index contributed by atoms with van der Waals surface area (Å²) in [5.74, 6) is 0. The molecule has 0 spiro atoms. The van der Waals surface area contributed by atoms with E-state index in [1.807, 2.05) is 0 Å². The van der Waals surface area contributed by atoms with E-state index in [4.69, 9.17) is 0 Å². The fraction of sp³-hybridized carbons (Fsp3) is 0. The third-order valence-corrected chi connectivity index (χ3v) is 12.3. The Balaban J connectivity index is 1.38. The number of hydrogen-bond donors (Lipinski definition) is 0. The van der Waals surface area contributed by atoms with Gasteiger partial charge in [0.25, 0.3) is 0 Å². The third kappa shape index (κ3) is 3.36. The minimum atomic E-state index is 0.279. The van der Waals surface area contributed by atoms with Crippen LogP contribution in [0, 0.1) is 0 Å². The van der Waals surface area contributed by atoms with Gasteiger partial charge in [-0.1, -0.05) is 0 Å². The molecule has 6 aromatic carbocycles. The van der Waals surface area contributed by atoms with E-state index in [0.29, 0.717) is 14.5 Å². The van der Waals surface area contributed by atoms with Gasteiger partial charge in [-0.05, 0) is 0 Å². The zero-order chi connectivity index (χ0) is 24.3. The number of benzene rings is 6. The van der Waals surface area contributed by atoms with Crippen molar-refractivity contribution in [1.82, 2.24) is 0 Å². The van der Waals surface area contributed by atoms with Crippen LogP contribution in [-0.2, 0) is 0 Å². The minimum absolute atomic E-state index is 0.279. The van der Waals surface area contributed by atoms with Crippen LogP contribution in [0.5, 0.6) is 0 Å². The van der Waals surface area contributed by atoms with E-state index >= 15 is 0 Å². The van der Waals surface area contributed by atoms with Crippen molar-refractivity contribution in [1.29, 1.82) is 0 Å². The summed E-state index contributed by atoms with van der Waals surface area (Å²) in [5.41, 5.74) is 3.69. The molecular weight excluding hydrogens is 580 g/mol. The van der Waals surface area contributed by atoms with Gasteiger partial charge in [0.15, 0.2) is 0 Å². The van der Waals surface area contributed by atoms with Crippen LogP contribution in [0.25, 0.3) is 49.4 Å². The quantitative estimate of drug-likeness (QED) is 0.183. The predicted molar refractivity (Wildman–Crippen MR) is 163 cm³/mol. The first kappa shape index (κ1) is 21.5. The van der Waals surface area contributed by atoms with Crippen molar-refractivity contribution < 1.29 is 0 Å². The van der Waals surface area contributed by atoms with Gasteiger partial charge in [0.2, 0.25) is 0 Å². The molecule has 3 heteroatoms. The predicted octanol–water partition coefficient (Wildman–Crippen LogP) is 9.04. The van der Waals surface area contributed by atoms with E-state index in [0.717, 1.165) is 0 Å². The van der Waals surface area contributed by atoms with E-state index in [1.54, 1.807) is 0 Å². The Hall–Kier alpha value is -3.58. The Morgan fingerprint density at radius 2 is 1.03 bits per heavy atom. The molecule has 37 heavy (non-hydrogen) atoms. The van der Waals surface area contributed by atoms with Crippen molar-refractivity contribution >= 4 is 95.4 Å². The summed E-state index contributed by atoms with van der Waals surface area (Å²) in [4.78, 5) is 2.46. The van der Waals surface area contributed by atoms with Gasteiger partial charge in [0, 0.05) is 0 Å². The molecule has 0 saturated carbocycles. The maximum atomic E-state index is 2.46. The van der Waals surface area contributed by atoms with Crippen LogP contribution in [0.1, 0.15) is 0 Å². The summed E-state index contributed by atoms with van der Waals surface area (Å²) in [6, 6.07) is 47.1. The van der Waals surface area contributed by atoms with Crippen molar-refractivity contribution in [3.63, 3.8) is 0 Å². The number of rotatable bonds is 3. The van der Waals surface area contributed by atoms with Gasteiger partial charge in [-0.25, -0.2) is 0 Å². The van der Waals surface area contributed by atoms with Gasteiger partial charge in [0.1, 0.15) is 0 Å². The molecule has 1 nitrogen and oxygen atoms in total. The molecule has 0 atom stereocenters. The second-order valence-corrected chi connectivity index (χ2v) is 13.8. The molecule has 2 heterocycles. The molecule has 0 fully saturated rings. The molecule has 0 aliphatic rings. The normalized spacial score (nSPS) is 11.8. The topological polar surface area (TPSA) is 3.24 Å². The molecule has 0 bridgehead atoms. The van der Waals surface area contributed by atoms with Gasteiger partial charge in [0.05, 0.1) is 0 Å². The first-order chi connectivity index (χ1) is 18.3. The van der Waals surface area contributed by atoms with Crippen LogP contribution in [-0.4, -0.2) is 29.0 Å². The van der Waals surface area contributed by atoms with Crippen molar-refractivity contribution in [2.75, 3.05) is 4.90 Å². The maximum absolute atomic E-state index is 2.46. The Morgan fingerprint density at radius 1 is 0.405 bits per heavy atom. The van der Waals surface area contributed by atoms with Crippen LogP contribution >= 0.6 is 0 Å². The number of anilines is 3. The average molecular weight is 601 g/mol. The summed E-state index contributed by atoms with van der Waals surface area (Å²) in [6.07, 6.45) is 0. The SMILES string of the molecule is c1ccc(N(c2ccc3c(ccc4c5ccccc5[se]c34)c2)c2cccc3c2[se]c2ccccc23)cc1. The van der Waals surface area contributed by atoms with Crippen LogP contribution < -0.4 is 4.90 Å². The van der Waals surface area contributed by atoms with Gasteiger partial charge < -0.3 is 0 Å². The van der Waals surface area contributed by atoms with Crippen molar-refractivity contribution in [3.05, 3.63) is 127 Å². The molecule has 8 rings (SSSR count). The van der Waals surface area contributed by atoms with Crippen LogP contribution in [0.3, 0.4) is 0 Å². The second kappa shape index (κ2) is 8.48. The van der Waals surface area contributed by atoms with Gasteiger partial charge in [-0.15, -0.1) is 0 Å². The summed E-state index contributed by atoms with van der Waals surface area (Å²) in [5, 5.41) is 8.30. The van der Waals surface area contributed by atoms with Crippen molar-refractivity contribution in [2.45, 2.75) is 0 Å². The molecule has 8 aromatic rings. The monoisotopic (exact) mass is 603 g/mol. The molecule has 0 N–H and O–H groups in total. The van der Waals surface area contributed by atoms with Gasteiger partial charge >= 0.3 is 228 Å². The Bertz CT molecular complexity index is 2100. The molecule has 2 aromatic heterocycles. The van der Waals surface area contributed by atoms with Crippen molar-refractivity contribution in [2.24, 2.45) is 0 Å². The Morgan fingerprint density at radius 3 is 1.81 bits per heavy atom.